The molecule has 0 unspecified atom stereocenters. The number of H-pyrrole nitrogens is 1. The fraction of sp³-hybridized carbons (Fsp3) is 0.654. The first-order valence-electron chi connectivity index (χ1n) is 13.6. The van der Waals surface area contributed by atoms with Crippen molar-refractivity contribution >= 4 is 28.8 Å². The number of fused-ring (bicyclic) bond motifs is 1. The van der Waals surface area contributed by atoms with E-state index in [4.69, 9.17) is 4.74 Å². The monoisotopic (exact) mass is 561 g/mol. The number of aromatic nitrogens is 4. The van der Waals surface area contributed by atoms with Crippen molar-refractivity contribution in [2.75, 3.05) is 18.5 Å². The molecule has 2 aromatic rings. The number of hydrogen-bond acceptors (Lipinski definition) is 11. The Kier molecular flexibility index (Phi) is 12.5. The van der Waals surface area contributed by atoms with Gasteiger partial charge in [-0.3, -0.25) is 9.59 Å². The molecule has 0 bridgehead atoms. The number of rotatable bonds is 14. The third kappa shape index (κ3) is 8.83. The molecule has 220 valence electrons. The van der Waals surface area contributed by atoms with Crippen molar-refractivity contribution < 1.29 is 34.8 Å². The van der Waals surface area contributed by atoms with Crippen LogP contribution in [0.5, 0.6) is 0 Å². The second-order valence-electron chi connectivity index (χ2n) is 9.67. The summed E-state index contributed by atoms with van der Waals surface area (Å²) in [5.74, 6) is 4.14. The van der Waals surface area contributed by atoms with Gasteiger partial charge in [-0.15, -0.1) is 0 Å². The number of carbonyl (C=O) groups excluding carboxylic acids is 2. The second-order valence-corrected chi connectivity index (χ2v) is 9.67. The first-order chi connectivity index (χ1) is 19.3. The molecule has 0 aromatic carbocycles. The van der Waals surface area contributed by atoms with Crippen LogP contribution in [0, 0.1) is 11.8 Å². The second kappa shape index (κ2) is 16.0. The van der Waals surface area contributed by atoms with E-state index in [-0.39, 0.29) is 5.82 Å². The van der Waals surface area contributed by atoms with E-state index in [2.05, 4.69) is 54.7 Å². The SMILES string of the molecule is CCCCCCCCCC#CC(=O)NCC(=O)N[C@@H]1[C@@H](O)[C@@H](O)[C@@H](Nc2ncnc3nc[nH]c23)O[C@H]1[C@@H](O)CO. The molecule has 0 aliphatic carbocycles. The third-order valence-corrected chi connectivity index (χ3v) is 6.60. The minimum Gasteiger partial charge on any atom is -0.394 e. The van der Waals surface area contributed by atoms with Crippen LogP contribution in [-0.2, 0) is 14.3 Å². The lowest BCUT2D eigenvalue weighted by Gasteiger charge is -2.44. The summed E-state index contributed by atoms with van der Waals surface area (Å²) in [7, 11) is 0. The first kappa shape index (κ1) is 31.2. The molecule has 3 heterocycles. The standard InChI is InChI=1S/C26H39N7O7/c1-2-3-4-5-6-7-8-9-10-11-17(36)27-12-18(37)32-19-21(38)22(39)26(40-23(19)16(35)13-34)33-25-20-24(29-14-28-20)30-15-31-25/h14-16,19,21-23,26,34-35,38-39H,2-9,12-13H2,1H3,(H,27,36)(H,32,37)(H2,28,29,30,31,33)/t16-,19+,21+,22+,23-,26-/m0/s1. The number of nitrogens with zero attached hydrogens (tertiary/aromatic N) is 3. The molecular weight excluding hydrogens is 522 g/mol. The predicted molar refractivity (Wildman–Crippen MR) is 144 cm³/mol. The summed E-state index contributed by atoms with van der Waals surface area (Å²) < 4.78 is 5.75. The van der Waals surface area contributed by atoms with Gasteiger partial charge in [0.1, 0.15) is 36.3 Å². The largest absolute Gasteiger partial charge is 0.394 e. The summed E-state index contributed by atoms with van der Waals surface area (Å²) in [6.45, 7) is 0.985. The minimum absolute atomic E-state index is 0.217. The number of imidazole rings is 1. The quantitative estimate of drug-likeness (QED) is 0.107. The van der Waals surface area contributed by atoms with Crippen molar-refractivity contribution in [1.82, 2.24) is 30.6 Å². The number of unbranched alkanes of at least 4 members (excludes halogenated alkanes) is 7. The van der Waals surface area contributed by atoms with Gasteiger partial charge >= 0.3 is 0 Å². The van der Waals surface area contributed by atoms with E-state index >= 15 is 0 Å². The van der Waals surface area contributed by atoms with Gasteiger partial charge in [-0.25, -0.2) is 15.0 Å². The molecule has 6 atom stereocenters. The lowest BCUT2D eigenvalue weighted by atomic mass is 9.92. The predicted octanol–water partition coefficient (Wildman–Crippen LogP) is -0.690. The van der Waals surface area contributed by atoms with Crippen LogP contribution in [0.15, 0.2) is 12.7 Å². The van der Waals surface area contributed by atoms with Crippen molar-refractivity contribution in [2.45, 2.75) is 95.0 Å². The van der Waals surface area contributed by atoms with Crippen LogP contribution in [0.4, 0.5) is 5.82 Å². The Balaban J connectivity index is 1.50. The minimum atomic E-state index is -1.61. The molecule has 2 amide bonds. The topological polar surface area (TPSA) is 215 Å². The molecule has 1 saturated heterocycles. The van der Waals surface area contributed by atoms with Gasteiger partial charge in [-0.2, -0.15) is 0 Å². The molecule has 1 fully saturated rings. The molecule has 0 saturated carbocycles. The van der Waals surface area contributed by atoms with Crippen LogP contribution in [0.1, 0.15) is 58.3 Å². The maximum Gasteiger partial charge on any atom is 0.296 e. The van der Waals surface area contributed by atoms with E-state index in [1.165, 1.54) is 38.3 Å². The first-order valence-corrected chi connectivity index (χ1v) is 13.6. The fourth-order valence-electron chi connectivity index (χ4n) is 4.41. The fourth-order valence-corrected chi connectivity index (χ4v) is 4.41. The normalized spacial score (nSPS) is 23.2. The highest BCUT2D eigenvalue weighted by atomic mass is 16.5. The van der Waals surface area contributed by atoms with E-state index in [0.717, 1.165) is 19.3 Å². The number of aliphatic hydroxyl groups is 4. The van der Waals surface area contributed by atoms with Crippen LogP contribution in [-0.4, -0.2) is 102 Å². The summed E-state index contributed by atoms with van der Waals surface area (Å²) >= 11 is 0. The number of amides is 2. The summed E-state index contributed by atoms with van der Waals surface area (Å²) in [4.78, 5) is 39.5. The van der Waals surface area contributed by atoms with Crippen LogP contribution in [0.25, 0.3) is 11.2 Å². The molecule has 40 heavy (non-hydrogen) atoms. The smallest absolute Gasteiger partial charge is 0.296 e. The van der Waals surface area contributed by atoms with Crippen LogP contribution >= 0.6 is 0 Å². The van der Waals surface area contributed by atoms with Crippen molar-refractivity contribution in [3.05, 3.63) is 12.7 Å². The van der Waals surface area contributed by atoms with Crippen LogP contribution in [0.2, 0.25) is 0 Å². The highest BCUT2D eigenvalue weighted by Gasteiger charge is 2.48. The van der Waals surface area contributed by atoms with Gasteiger partial charge in [-0.05, 0) is 12.3 Å². The van der Waals surface area contributed by atoms with Crippen LogP contribution < -0.4 is 16.0 Å². The van der Waals surface area contributed by atoms with E-state index in [0.29, 0.717) is 17.6 Å². The molecule has 14 nitrogen and oxygen atoms in total. The lowest BCUT2D eigenvalue weighted by Crippen LogP contribution is -2.68. The van der Waals surface area contributed by atoms with E-state index < -0.39 is 61.7 Å². The zero-order valence-electron chi connectivity index (χ0n) is 22.5. The number of hydrogen-bond donors (Lipinski definition) is 8. The number of nitrogens with one attached hydrogen (secondary N) is 4. The summed E-state index contributed by atoms with van der Waals surface area (Å²) in [6.07, 6.45) is 3.97. The molecule has 0 radical (unpaired) electrons. The molecular formula is C26H39N7O7. The van der Waals surface area contributed by atoms with E-state index in [9.17, 15) is 30.0 Å². The Morgan fingerprint density at radius 2 is 1.85 bits per heavy atom. The molecule has 2 aromatic heterocycles. The van der Waals surface area contributed by atoms with Gasteiger partial charge in [0, 0.05) is 6.42 Å². The van der Waals surface area contributed by atoms with Gasteiger partial charge in [0.25, 0.3) is 5.91 Å². The average Bonchev–Trinajstić information content (AvgIpc) is 3.44. The Hall–Kier alpha value is -3.35. The van der Waals surface area contributed by atoms with Crippen molar-refractivity contribution in [3.63, 3.8) is 0 Å². The Labute approximate surface area is 232 Å². The summed E-state index contributed by atoms with van der Waals surface area (Å²) in [5.41, 5.74) is 0.772. The number of aromatic amines is 1. The molecule has 14 heteroatoms. The molecule has 8 N–H and O–H groups in total. The Morgan fingerprint density at radius 3 is 2.60 bits per heavy atom. The molecule has 1 aliphatic heterocycles. The van der Waals surface area contributed by atoms with Gasteiger partial charge in [0.2, 0.25) is 5.91 Å². The van der Waals surface area contributed by atoms with E-state index in [1.807, 2.05) is 0 Å². The maximum atomic E-state index is 12.5. The zero-order valence-corrected chi connectivity index (χ0v) is 22.5. The van der Waals surface area contributed by atoms with Crippen molar-refractivity contribution in [3.8, 4) is 11.8 Å². The molecule has 1 aliphatic rings. The zero-order chi connectivity index (χ0) is 28.9. The number of anilines is 1. The van der Waals surface area contributed by atoms with Gasteiger partial charge in [0.15, 0.2) is 17.7 Å². The third-order valence-electron chi connectivity index (χ3n) is 6.60. The average molecular weight is 562 g/mol. The highest BCUT2D eigenvalue weighted by Crippen LogP contribution is 2.26. The van der Waals surface area contributed by atoms with Gasteiger partial charge in [0.05, 0.1) is 25.5 Å². The van der Waals surface area contributed by atoms with E-state index in [1.54, 1.807) is 0 Å². The van der Waals surface area contributed by atoms with Gasteiger partial charge in [-0.1, -0.05) is 51.4 Å². The van der Waals surface area contributed by atoms with Crippen molar-refractivity contribution in [2.24, 2.45) is 0 Å². The summed E-state index contributed by atoms with van der Waals surface area (Å²) in [6, 6.07) is -1.31. The molecule has 3 rings (SSSR count). The Bertz CT molecular complexity index is 1150. The summed E-state index contributed by atoms with van der Waals surface area (Å²) in [5, 5.41) is 49.1. The number of carbonyl (C=O) groups is 2. The number of aliphatic hydroxyl groups excluding tert-OH is 4. The van der Waals surface area contributed by atoms with Gasteiger partial charge < -0.3 is 46.1 Å². The maximum absolute atomic E-state index is 12.5. The van der Waals surface area contributed by atoms with Crippen molar-refractivity contribution in [1.29, 1.82) is 0 Å². The molecule has 0 spiro atoms. The van der Waals surface area contributed by atoms with Crippen LogP contribution in [0.3, 0.4) is 0 Å². The number of ether oxygens (including phenoxy) is 1. The lowest BCUT2D eigenvalue weighted by molar-refractivity contribution is -0.204. The Morgan fingerprint density at radius 1 is 1.10 bits per heavy atom. The highest BCUT2D eigenvalue weighted by molar-refractivity contribution is 5.95.